The van der Waals surface area contributed by atoms with E-state index in [0.717, 1.165) is 29.9 Å². The number of aryl methyl sites for hydroxylation is 2. The summed E-state index contributed by atoms with van der Waals surface area (Å²) < 4.78 is 5.51. The van der Waals surface area contributed by atoms with Gasteiger partial charge in [-0.3, -0.25) is 0 Å². The molecular weight excluding hydrogens is 274 g/mol. The van der Waals surface area contributed by atoms with Crippen molar-refractivity contribution in [1.29, 1.82) is 0 Å². The van der Waals surface area contributed by atoms with E-state index in [9.17, 15) is 4.79 Å². The fraction of sp³-hybridized carbons (Fsp3) is 0.316. The third-order valence-electron chi connectivity index (χ3n) is 3.86. The number of carbonyl (C=O) groups excluding carboxylic acids is 1. The Bertz CT molecular complexity index is 623. The second-order valence-corrected chi connectivity index (χ2v) is 5.32. The summed E-state index contributed by atoms with van der Waals surface area (Å²) in [6.07, 6.45) is 0. The standard InChI is InChI=1S/C19H23NO2/c1-5-20(6-2)16-10-12-17(13-11-16)22-19(21)18-14(3)8-7-9-15(18)4/h7-13H,5-6H2,1-4H3. The first-order valence-electron chi connectivity index (χ1n) is 7.70. The first kappa shape index (κ1) is 16.1. The predicted octanol–water partition coefficient (Wildman–Crippen LogP) is 4.37. The van der Waals surface area contributed by atoms with Crippen LogP contribution in [0, 0.1) is 13.8 Å². The lowest BCUT2D eigenvalue weighted by Crippen LogP contribution is -2.21. The summed E-state index contributed by atoms with van der Waals surface area (Å²) in [5, 5.41) is 0. The van der Waals surface area contributed by atoms with Crippen LogP contribution in [0.3, 0.4) is 0 Å². The van der Waals surface area contributed by atoms with Crippen LogP contribution in [0.15, 0.2) is 42.5 Å². The minimum atomic E-state index is -0.300. The molecular formula is C19H23NO2. The van der Waals surface area contributed by atoms with Crippen LogP contribution in [0.5, 0.6) is 5.75 Å². The van der Waals surface area contributed by atoms with Crippen molar-refractivity contribution in [2.24, 2.45) is 0 Å². The summed E-state index contributed by atoms with van der Waals surface area (Å²) in [7, 11) is 0. The average molecular weight is 297 g/mol. The SMILES string of the molecule is CCN(CC)c1ccc(OC(=O)c2c(C)cccc2C)cc1. The monoisotopic (exact) mass is 297 g/mol. The molecule has 0 atom stereocenters. The predicted molar refractivity (Wildman–Crippen MR) is 90.9 cm³/mol. The summed E-state index contributed by atoms with van der Waals surface area (Å²) in [6, 6.07) is 13.5. The van der Waals surface area contributed by atoms with Crippen LogP contribution in [-0.4, -0.2) is 19.1 Å². The highest BCUT2D eigenvalue weighted by molar-refractivity contribution is 5.94. The van der Waals surface area contributed by atoms with Crippen LogP contribution in [0.2, 0.25) is 0 Å². The molecule has 0 bridgehead atoms. The Balaban J connectivity index is 2.16. The number of ether oxygens (including phenoxy) is 1. The number of esters is 1. The summed E-state index contributed by atoms with van der Waals surface area (Å²) >= 11 is 0. The summed E-state index contributed by atoms with van der Waals surface area (Å²) in [6.45, 7) is 10.0. The highest BCUT2D eigenvalue weighted by Crippen LogP contribution is 2.21. The quantitative estimate of drug-likeness (QED) is 0.606. The number of hydrogen-bond acceptors (Lipinski definition) is 3. The molecule has 0 radical (unpaired) electrons. The number of hydrogen-bond donors (Lipinski definition) is 0. The van der Waals surface area contributed by atoms with Crippen molar-refractivity contribution in [3.05, 3.63) is 59.2 Å². The molecule has 116 valence electrons. The third kappa shape index (κ3) is 3.48. The Labute approximate surface area is 132 Å². The molecule has 2 aromatic carbocycles. The second kappa shape index (κ2) is 7.12. The molecule has 22 heavy (non-hydrogen) atoms. The van der Waals surface area contributed by atoms with Crippen LogP contribution in [0.25, 0.3) is 0 Å². The number of anilines is 1. The zero-order chi connectivity index (χ0) is 16.1. The van der Waals surface area contributed by atoms with E-state index in [-0.39, 0.29) is 5.97 Å². The normalized spacial score (nSPS) is 10.4. The van der Waals surface area contributed by atoms with E-state index in [4.69, 9.17) is 4.74 Å². The molecule has 3 heteroatoms. The van der Waals surface area contributed by atoms with Gasteiger partial charge in [-0.15, -0.1) is 0 Å². The molecule has 0 unspecified atom stereocenters. The fourth-order valence-corrected chi connectivity index (χ4v) is 2.61. The molecule has 0 spiro atoms. The maximum absolute atomic E-state index is 12.4. The van der Waals surface area contributed by atoms with Crippen molar-refractivity contribution in [2.45, 2.75) is 27.7 Å². The number of rotatable bonds is 5. The Morgan fingerprint density at radius 1 is 0.955 bits per heavy atom. The van der Waals surface area contributed by atoms with Gasteiger partial charge >= 0.3 is 5.97 Å². The third-order valence-corrected chi connectivity index (χ3v) is 3.86. The summed E-state index contributed by atoms with van der Waals surface area (Å²) in [5.74, 6) is 0.273. The Morgan fingerprint density at radius 3 is 2.00 bits per heavy atom. The van der Waals surface area contributed by atoms with Crippen LogP contribution in [-0.2, 0) is 0 Å². The van der Waals surface area contributed by atoms with Crippen LogP contribution in [0.1, 0.15) is 35.3 Å². The van der Waals surface area contributed by atoms with Crippen LogP contribution < -0.4 is 9.64 Å². The zero-order valence-corrected chi connectivity index (χ0v) is 13.7. The largest absolute Gasteiger partial charge is 0.423 e. The average Bonchev–Trinajstić information content (AvgIpc) is 2.50. The Kier molecular flexibility index (Phi) is 5.21. The number of benzene rings is 2. The van der Waals surface area contributed by atoms with Crippen molar-refractivity contribution in [3.8, 4) is 5.75 Å². The minimum Gasteiger partial charge on any atom is -0.423 e. The van der Waals surface area contributed by atoms with E-state index in [0.29, 0.717) is 11.3 Å². The van der Waals surface area contributed by atoms with E-state index < -0.39 is 0 Å². The molecule has 0 saturated heterocycles. The highest BCUT2D eigenvalue weighted by atomic mass is 16.5. The molecule has 0 aliphatic heterocycles. The van der Waals surface area contributed by atoms with Crippen LogP contribution in [0.4, 0.5) is 5.69 Å². The zero-order valence-electron chi connectivity index (χ0n) is 13.7. The molecule has 0 amide bonds. The van der Waals surface area contributed by atoms with Gasteiger partial charge < -0.3 is 9.64 Å². The first-order chi connectivity index (χ1) is 10.6. The van der Waals surface area contributed by atoms with E-state index in [2.05, 4.69) is 18.7 Å². The second-order valence-electron chi connectivity index (χ2n) is 5.32. The van der Waals surface area contributed by atoms with Gasteiger partial charge in [-0.25, -0.2) is 4.79 Å². The Hall–Kier alpha value is -2.29. The van der Waals surface area contributed by atoms with E-state index >= 15 is 0 Å². The smallest absolute Gasteiger partial charge is 0.344 e. The first-order valence-corrected chi connectivity index (χ1v) is 7.70. The molecule has 0 fully saturated rings. The molecule has 0 heterocycles. The lowest BCUT2D eigenvalue weighted by atomic mass is 10.0. The van der Waals surface area contributed by atoms with Crippen molar-refractivity contribution in [2.75, 3.05) is 18.0 Å². The molecule has 0 aliphatic carbocycles. The van der Waals surface area contributed by atoms with Gasteiger partial charge in [0.1, 0.15) is 5.75 Å². The van der Waals surface area contributed by atoms with E-state index in [1.807, 2.05) is 56.3 Å². The topological polar surface area (TPSA) is 29.5 Å². The van der Waals surface area contributed by atoms with Crippen molar-refractivity contribution in [1.82, 2.24) is 0 Å². The number of carbonyl (C=O) groups is 1. The minimum absolute atomic E-state index is 0.300. The maximum Gasteiger partial charge on any atom is 0.344 e. The van der Waals surface area contributed by atoms with E-state index in [1.165, 1.54) is 0 Å². The molecule has 3 nitrogen and oxygen atoms in total. The van der Waals surface area contributed by atoms with E-state index in [1.54, 1.807) is 0 Å². The van der Waals surface area contributed by atoms with Crippen molar-refractivity contribution in [3.63, 3.8) is 0 Å². The van der Waals surface area contributed by atoms with Gasteiger partial charge in [0.05, 0.1) is 5.56 Å². The lowest BCUT2D eigenvalue weighted by Gasteiger charge is -2.21. The molecule has 2 aromatic rings. The van der Waals surface area contributed by atoms with Crippen molar-refractivity contribution < 1.29 is 9.53 Å². The van der Waals surface area contributed by atoms with Gasteiger partial charge in [0, 0.05) is 18.8 Å². The van der Waals surface area contributed by atoms with Gasteiger partial charge in [-0.2, -0.15) is 0 Å². The maximum atomic E-state index is 12.4. The fourth-order valence-electron chi connectivity index (χ4n) is 2.61. The lowest BCUT2D eigenvalue weighted by molar-refractivity contribution is 0.0733. The number of nitrogens with zero attached hydrogens (tertiary/aromatic N) is 1. The van der Waals surface area contributed by atoms with Gasteiger partial charge in [-0.1, -0.05) is 18.2 Å². The van der Waals surface area contributed by atoms with Gasteiger partial charge in [0.2, 0.25) is 0 Å². The van der Waals surface area contributed by atoms with Gasteiger partial charge in [-0.05, 0) is 63.1 Å². The van der Waals surface area contributed by atoms with Crippen LogP contribution >= 0.6 is 0 Å². The summed E-state index contributed by atoms with van der Waals surface area (Å²) in [4.78, 5) is 14.6. The molecule has 2 rings (SSSR count). The molecule has 0 N–H and O–H groups in total. The summed E-state index contributed by atoms with van der Waals surface area (Å²) in [5.41, 5.74) is 3.65. The molecule has 0 saturated carbocycles. The molecule has 0 aliphatic rings. The van der Waals surface area contributed by atoms with Crippen molar-refractivity contribution >= 4 is 11.7 Å². The highest BCUT2D eigenvalue weighted by Gasteiger charge is 2.14. The Morgan fingerprint density at radius 2 is 1.50 bits per heavy atom. The van der Waals surface area contributed by atoms with Gasteiger partial charge in [0.25, 0.3) is 0 Å². The van der Waals surface area contributed by atoms with Gasteiger partial charge in [0.15, 0.2) is 0 Å². The molecule has 0 aromatic heterocycles.